The minimum atomic E-state index is 0.606. The Labute approximate surface area is 112 Å². The molecule has 1 heterocycles. The number of hydrogen-bond acceptors (Lipinski definition) is 2. The number of rotatable bonds is 4. The van der Waals surface area contributed by atoms with E-state index in [4.69, 9.17) is 0 Å². The molecule has 0 N–H and O–H groups in total. The highest BCUT2D eigenvalue weighted by Crippen LogP contribution is 2.27. The van der Waals surface area contributed by atoms with Crippen LogP contribution < -0.4 is 4.90 Å². The van der Waals surface area contributed by atoms with E-state index in [9.17, 15) is 0 Å². The summed E-state index contributed by atoms with van der Waals surface area (Å²) in [4.78, 5) is 5.13. The summed E-state index contributed by atoms with van der Waals surface area (Å²) in [5.41, 5.74) is 2.94. The number of benzene rings is 1. The summed E-state index contributed by atoms with van der Waals surface area (Å²) < 4.78 is 0. The highest BCUT2D eigenvalue weighted by Gasteiger charge is 2.18. The van der Waals surface area contributed by atoms with Crippen molar-refractivity contribution in [3.8, 4) is 0 Å². The van der Waals surface area contributed by atoms with E-state index in [0.29, 0.717) is 5.92 Å². The zero-order chi connectivity index (χ0) is 13.0. The highest BCUT2D eigenvalue weighted by molar-refractivity contribution is 5.55. The molecule has 100 valence electrons. The fourth-order valence-corrected chi connectivity index (χ4v) is 2.79. The van der Waals surface area contributed by atoms with Gasteiger partial charge in [-0.15, -0.1) is 0 Å². The first-order valence-electron chi connectivity index (χ1n) is 7.28. The van der Waals surface area contributed by atoms with Crippen LogP contribution in [0.2, 0.25) is 0 Å². The van der Waals surface area contributed by atoms with Gasteiger partial charge in [0.05, 0.1) is 0 Å². The Hall–Kier alpha value is -1.02. The van der Waals surface area contributed by atoms with Crippen molar-refractivity contribution >= 4 is 5.69 Å². The number of hydrogen-bond donors (Lipinski definition) is 0. The zero-order valence-corrected chi connectivity index (χ0v) is 12.0. The van der Waals surface area contributed by atoms with Crippen molar-refractivity contribution in [3.05, 3.63) is 29.8 Å². The van der Waals surface area contributed by atoms with Crippen molar-refractivity contribution in [2.75, 3.05) is 37.6 Å². The van der Waals surface area contributed by atoms with Gasteiger partial charge in [0.1, 0.15) is 0 Å². The molecule has 0 radical (unpaired) electrons. The monoisotopic (exact) mass is 246 g/mol. The van der Waals surface area contributed by atoms with E-state index in [0.717, 1.165) is 0 Å². The Morgan fingerprint density at radius 3 is 2.33 bits per heavy atom. The van der Waals surface area contributed by atoms with Crippen molar-refractivity contribution in [2.45, 2.75) is 33.1 Å². The van der Waals surface area contributed by atoms with Gasteiger partial charge in [0.25, 0.3) is 0 Å². The molecule has 1 fully saturated rings. The quantitative estimate of drug-likeness (QED) is 0.804. The molecule has 2 rings (SSSR count). The van der Waals surface area contributed by atoms with E-state index in [1.807, 2.05) is 0 Å². The van der Waals surface area contributed by atoms with Gasteiger partial charge >= 0.3 is 0 Å². The second kappa shape index (κ2) is 6.24. The molecule has 0 unspecified atom stereocenters. The van der Waals surface area contributed by atoms with Crippen molar-refractivity contribution in [1.29, 1.82) is 0 Å². The lowest BCUT2D eigenvalue weighted by atomic mass is 10.00. The maximum absolute atomic E-state index is 2.58. The third-order valence-corrected chi connectivity index (χ3v) is 3.81. The molecule has 2 heteroatoms. The lowest BCUT2D eigenvalue weighted by Gasteiger charge is -2.37. The Morgan fingerprint density at radius 2 is 1.72 bits per heavy atom. The SMILES string of the molecule is CCCN1CCN(c2ccccc2C(C)C)CC1. The molecule has 0 amide bonds. The smallest absolute Gasteiger partial charge is 0.0402 e. The predicted molar refractivity (Wildman–Crippen MR) is 79.5 cm³/mol. The Balaban J connectivity index is 2.05. The van der Waals surface area contributed by atoms with Crippen LogP contribution in [0.5, 0.6) is 0 Å². The van der Waals surface area contributed by atoms with E-state index in [1.54, 1.807) is 0 Å². The molecule has 2 nitrogen and oxygen atoms in total. The topological polar surface area (TPSA) is 6.48 Å². The third-order valence-electron chi connectivity index (χ3n) is 3.81. The van der Waals surface area contributed by atoms with Crippen LogP contribution in [0.3, 0.4) is 0 Å². The summed E-state index contributed by atoms with van der Waals surface area (Å²) in [7, 11) is 0. The van der Waals surface area contributed by atoms with Crippen LogP contribution in [0.4, 0.5) is 5.69 Å². The van der Waals surface area contributed by atoms with Gasteiger partial charge in [-0.05, 0) is 30.5 Å². The molecule has 0 bridgehead atoms. The molecule has 0 spiro atoms. The molecule has 1 saturated heterocycles. The molecule has 0 aromatic heterocycles. The van der Waals surface area contributed by atoms with Gasteiger partial charge in [0, 0.05) is 31.9 Å². The van der Waals surface area contributed by atoms with Crippen LogP contribution in [0.1, 0.15) is 38.7 Å². The van der Waals surface area contributed by atoms with Crippen LogP contribution >= 0.6 is 0 Å². The second-order valence-electron chi connectivity index (χ2n) is 5.54. The molecule has 18 heavy (non-hydrogen) atoms. The molecular weight excluding hydrogens is 220 g/mol. The van der Waals surface area contributed by atoms with Crippen LogP contribution in [-0.2, 0) is 0 Å². The first-order valence-corrected chi connectivity index (χ1v) is 7.28. The van der Waals surface area contributed by atoms with Gasteiger partial charge in [-0.25, -0.2) is 0 Å². The average Bonchev–Trinajstić information content (AvgIpc) is 2.40. The van der Waals surface area contributed by atoms with Crippen molar-refractivity contribution in [3.63, 3.8) is 0 Å². The number of anilines is 1. The van der Waals surface area contributed by atoms with Crippen molar-refractivity contribution in [2.24, 2.45) is 0 Å². The van der Waals surface area contributed by atoms with Gasteiger partial charge in [0.15, 0.2) is 0 Å². The molecule has 0 aliphatic carbocycles. The third kappa shape index (κ3) is 3.05. The first-order chi connectivity index (χ1) is 8.72. The Morgan fingerprint density at radius 1 is 1.06 bits per heavy atom. The van der Waals surface area contributed by atoms with Crippen LogP contribution in [0.15, 0.2) is 24.3 Å². The number of piperazine rings is 1. The van der Waals surface area contributed by atoms with Gasteiger partial charge in [-0.2, -0.15) is 0 Å². The van der Waals surface area contributed by atoms with E-state index >= 15 is 0 Å². The zero-order valence-electron chi connectivity index (χ0n) is 12.0. The van der Waals surface area contributed by atoms with Crippen LogP contribution in [0, 0.1) is 0 Å². The Kier molecular flexibility index (Phi) is 4.65. The summed E-state index contributed by atoms with van der Waals surface area (Å²) in [6, 6.07) is 8.88. The second-order valence-corrected chi connectivity index (χ2v) is 5.54. The van der Waals surface area contributed by atoms with Crippen LogP contribution in [-0.4, -0.2) is 37.6 Å². The molecule has 0 atom stereocenters. The predicted octanol–water partition coefficient (Wildman–Crippen LogP) is 3.34. The lowest BCUT2D eigenvalue weighted by Crippen LogP contribution is -2.46. The van der Waals surface area contributed by atoms with Gasteiger partial charge in [0.2, 0.25) is 0 Å². The van der Waals surface area contributed by atoms with E-state index in [2.05, 4.69) is 54.8 Å². The maximum atomic E-state index is 2.58. The van der Waals surface area contributed by atoms with Crippen molar-refractivity contribution < 1.29 is 0 Å². The number of para-hydroxylation sites is 1. The summed E-state index contributed by atoms with van der Waals surface area (Å²) in [5, 5.41) is 0. The highest BCUT2D eigenvalue weighted by atomic mass is 15.3. The summed E-state index contributed by atoms with van der Waals surface area (Å²) >= 11 is 0. The average molecular weight is 246 g/mol. The molecule has 1 aliphatic rings. The normalized spacial score (nSPS) is 17.4. The minimum Gasteiger partial charge on any atom is -0.369 e. The minimum absolute atomic E-state index is 0.606. The van der Waals surface area contributed by atoms with Gasteiger partial charge in [-0.3, -0.25) is 4.90 Å². The van der Waals surface area contributed by atoms with Crippen molar-refractivity contribution in [1.82, 2.24) is 4.90 Å². The van der Waals surface area contributed by atoms with E-state index in [-0.39, 0.29) is 0 Å². The molecule has 1 aromatic carbocycles. The molecule has 1 aliphatic heterocycles. The van der Waals surface area contributed by atoms with Gasteiger partial charge < -0.3 is 4.90 Å². The molecular formula is C16H26N2. The van der Waals surface area contributed by atoms with E-state index < -0.39 is 0 Å². The van der Waals surface area contributed by atoms with Crippen LogP contribution in [0.25, 0.3) is 0 Å². The maximum Gasteiger partial charge on any atom is 0.0402 e. The summed E-state index contributed by atoms with van der Waals surface area (Å²) in [6.45, 7) is 12.8. The number of nitrogens with zero attached hydrogens (tertiary/aromatic N) is 2. The largest absolute Gasteiger partial charge is 0.369 e. The molecule has 1 aromatic rings. The summed E-state index contributed by atoms with van der Waals surface area (Å²) in [6.07, 6.45) is 1.27. The Bertz CT molecular complexity index is 365. The van der Waals surface area contributed by atoms with E-state index in [1.165, 1.54) is 50.4 Å². The lowest BCUT2D eigenvalue weighted by molar-refractivity contribution is 0.258. The standard InChI is InChI=1S/C16H26N2/c1-4-9-17-10-12-18(13-11-17)16-8-6-5-7-15(16)14(2)3/h5-8,14H,4,9-13H2,1-3H3. The van der Waals surface area contributed by atoms with Gasteiger partial charge in [-0.1, -0.05) is 39.0 Å². The molecule has 0 saturated carbocycles. The first kappa shape index (κ1) is 13.4. The fraction of sp³-hybridized carbons (Fsp3) is 0.625. The summed E-state index contributed by atoms with van der Waals surface area (Å²) in [5.74, 6) is 0.606. The fourth-order valence-electron chi connectivity index (χ4n) is 2.79.